The number of carbonyl (C=O) groups is 1. The molecular formula is C15H11BrCl2O. The predicted octanol–water partition coefficient (Wildman–Crippen LogP) is 5.49. The second kappa shape index (κ2) is 6.08. The summed E-state index contributed by atoms with van der Waals surface area (Å²) in [7, 11) is 0. The van der Waals surface area contributed by atoms with Crippen LogP contribution in [0.2, 0.25) is 10.0 Å². The standard InChI is InChI=1S/C15H11BrCl2O/c1-9-11(3-2-4-12(9)16)15(19)8-10-5-6-13(17)14(18)7-10/h2-7H,8H2,1H3. The monoisotopic (exact) mass is 356 g/mol. The van der Waals surface area contributed by atoms with Gasteiger partial charge in [0.1, 0.15) is 0 Å². The number of hydrogen-bond donors (Lipinski definition) is 0. The summed E-state index contributed by atoms with van der Waals surface area (Å²) < 4.78 is 0.937. The summed E-state index contributed by atoms with van der Waals surface area (Å²) in [6, 6.07) is 10.9. The molecule has 0 N–H and O–H groups in total. The zero-order chi connectivity index (χ0) is 14.0. The normalized spacial score (nSPS) is 10.5. The number of ketones is 1. The van der Waals surface area contributed by atoms with Gasteiger partial charge in [-0.3, -0.25) is 4.79 Å². The number of rotatable bonds is 3. The van der Waals surface area contributed by atoms with Crippen LogP contribution in [0.25, 0.3) is 0 Å². The predicted molar refractivity (Wildman–Crippen MR) is 83.4 cm³/mol. The van der Waals surface area contributed by atoms with Crippen molar-refractivity contribution in [2.24, 2.45) is 0 Å². The van der Waals surface area contributed by atoms with Gasteiger partial charge >= 0.3 is 0 Å². The number of carbonyl (C=O) groups excluding carboxylic acids is 1. The molecule has 0 aliphatic rings. The molecule has 1 nitrogen and oxygen atoms in total. The Morgan fingerprint density at radius 3 is 2.58 bits per heavy atom. The van der Waals surface area contributed by atoms with Crippen LogP contribution in [0, 0.1) is 6.92 Å². The molecule has 0 unspecified atom stereocenters. The van der Waals surface area contributed by atoms with E-state index in [0.717, 1.165) is 21.2 Å². The van der Waals surface area contributed by atoms with Gasteiger partial charge in [-0.25, -0.2) is 0 Å². The fraction of sp³-hybridized carbons (Fsp3) is 0.133. The highest BCUT2D eigenvalue weighted by Crippen LogP contribution is 2.24. The van der Waals surface area contributed by atoms with Gasteiger partial charge in [0.15, 0.2) is 5.78 Å². The number of halogens is 3. The van der Waals surface area contributed by atoms with E-state index in [1.165, 1.54) is 0 Å². The Hall–Kier alpha value is -0.830. The molecule has 2 aromatic rings. The van der Waals surface area contributed by atoms with E-state index < -0.39 is 0 Å². The van der Waals surface area contributed by atoms with Crippen LogP contribution in [0.5, 0.6) is 0 Å². The van der Waals surface area contributed by atoms with Crippen molar-refractivity contribution in [3.05, 3.63) is 67.6 Å². The molecule has 19 heavy (non-hydrogen) atoms. The maximum atomic E-state index is 12.3. The van der Waals surface area contributed by atoms with Crippen LogP contribution in [0.15, 0.2) is 40.9 Å². The first-order valence-corrected chi connectivity index (χ1v) is 7.26. The average Bonchev–Trinajstić information content (AvgIpc) is 2.37. The van der Waals surface area contributed by atoms with Gasteiger partial charge in [0, 0.05) is 16.5 Å². The number of hydrogen-bond acceptors (Lipinski definition) is 1. The molecule has 2 aromatic carbocycles. The lowest BCUT2D eigenvalue weighted by Crippen LogP contribution is -2.06. The van der Waals surface area contributed by atoms with Crippen LogP contribution in [-0.2, 0) is 6.42 Å². The molecule has 0 radical (unpaired) electrons. The second-order valence-corrected chi connectivity index (χ2v) is 5.93. The summed E-state index contributed by atoms with van der Waals surface area (Å²) in [6.07, 6.45) is 0.314. The van der Waals surface area contributed by atoms with Gasteiger partial charge in [-0.2, -0.15) is 0 Å². The van der Waals surface area contributed by atoms with Gasteiger partial charge in [-0.15, -0.1) is 0 Å². The van der Waals surface area contributed by atoms with Gasteiger partial charge in [0.2, 0.25) is 0 Å². The maximum Gasteiger partial charge on any atom is 0.167 e. The molecular weight excluding hydrogens is 347 g/mol. The van der Waals surface area contributed by atoms with Gasteiger partial charge in [-0.1, -0.05) is 57.3 Å². The fourth-order valence-corrected chi connectivity index (χ4v) is 2.53. The fourth-order valence-electron chi connectivity index (χ4n) is 1.84. The highest BCUT2D eigenvalue weighted by atomic mass is 79.9. The van der Waals surface area contributed by atoms with Crippen LogP contribution in [0.1, 0.15) is 21.5 Å². The van der Waals surface area contributed by atoms with E-state index in [4.69, 9.17) is 23.2 Å². The van der Waals surface area contributed by atoms with E-state index in [0.29, 0.717) is 16.5 Å². The van der Waals surface area contributed by atoms with Gasteiger partial charge < -0.3 is 0 Å². The van der Waals surface area contributed by atoms with Crippen molar-refractivity contribution >= 4 is 44.9 Å². The number of benzene rings is 2. The highest BCUT2D eigenvalue weighted by molar-refractivity contribution is 9.10. The maximum absolute atomic E-state index is 12.3. The smallest absolute Gasteiger partial charge is 0.167 e. The molecule has 0 fully saturated rings. The molecule has 0 heterocycles. The Kier molecular flexibility index (Phi) is 4.67. The quantitative estimate of drug-likeness (QED) is 0.664. The Morgan fingerprint density at radius 1 is 1.16 bits per heavy atom. The van der Waals surface area contributed by atoms with Crippen molar-refractivity contribution in [1.82, 2.24) is 0 Å². The molecule has 0 bridgehead atoms. The minimum Gasteiger partial charge on any atom is -0.294 e. The molecule has 0 aliphatic carbocycles. The summed E-state index contributed by atoms with van der Waals surface area (Å²) in [5.41, 5.74) is 2.53. The first kappa shape index (κ1) is 14.6. The largest absolute Gasteiger partial charge is 0.294 e. The molecule has 0 aromatic heterocycles. The van der Waals surface area contributed by atoms with Crippen LogP contribution in [-0.4, -0.2) is 5.78 Å². The summed E-state index contributed by atoms with van der Waals surface area (Å²) in [5.74, 6) is 0.0668. The van der Waals surface area contributed by atoms with Crippen molar-refractivity contribution in [2.45, 2.75) is 13.3 Å². The van der Waals surface area contributed by atoms with Crippen molar-refractivity contribution in [1.29, 1.82) is 0 Å². The molecule has 0 atom stereocenters. The zero-order valence-electron chi connectivity index (χ0n) is 10.2. The minimum atomic E-state index is 0.0668. The van der Waals surface area contributed by atoms with Crippen molar-refractivity contribution in [3.63, 3.8) is 0 Å². The summed E-state index contributed by atoms with van der Waals surface area (Å²) >= 11 is 15.2. The van der Waals surface area contributed by atoms with E-state index in [-0.39, 0.29) is 5.78 Å². The highest BCUT2D eigenvalue weighted by Gasteiger charge is 2.12. The summed E-state index contributed by atoms with van der Waals surface area (Å²) in [4.78, 5) is 12.3. The third kappa shape index (κ3) is 3.38. The number of Topliss-reactive ketones (excluding diaryl/α,β-unsaturated/α-hetero) is 1. The van der Waals surface area contributed by atoms with Gasteiger partial charge in [0.25, 0.3) is 0 Å². The Morgan fingerprint density at radius 2 is 1.89 bits per heavy atom. The molecule has 4 heteroatoms. The van der Waals surface area contributed by atoms with E-state index >= 15 is 0 Å². The lowest BCUT2D eigenvalue weighted by molar-refractivity contribution is 0.0992. The Labute approximate surface area is 130 Å². The summed E-state index contributed by atoms with van der Waals surface area (Å²) in [6.45, 7) is 1.92. The topological polar surface area (TPSA) is 17.1 Å². The third-order valence-corrected chi connectivity index (χ3v) is 4.51. The first-order valence-electron chi connectivity index (χ1n) is 5.71. The molecule has 0 saturated carbocycles. The summed E-state index contributed by atoms with van der Waals surface area (Å²) in [5, 5.41) is 0.967. The molecule has 0 aliphatic heterocycles. The van der Waals surface area contributed by atoms with Gasteiger partial charge in [-0.05, 0) is 36.2 Å². The molecule has 0 amide bonds. The van der Waals surface area contributed by atoms with E-state index in [1.54, 1.807) is 12.1 Å². The van der Waals surface area contributed by atoms with Crippen LogP contribution < -0.4 is 0 Å². The van der Waals surface area contributed by atoms with Crippen LogP contribution in [0.3, 0.4) is 0 Å². The average molecular weight is 358 g/mol. The first-order chi connectivity index (χ1) is 8.99. The molecule has 2 rings (SSSR count). The van der Waals surface area contributed by atoms with Crippen LogP contribution >= 0.6 is 39.1 Å². The van der Waals surface area contributed by atoms with E-state index in [9.17, 15) is 4.79 Å². The van der Waals surface area contributed by atoms with Gasteiger partial charge in [0.05, 0.1) is 10.0 Å². The lowest BCUT2D eigenvalue weighted by atomic mass is 9.99. The third-order valence-electron chi connectivity index (χ3n) is 2.92. The minimum absolute atomic E-state index is 0.0668. The zero-order valence-corrected chi connectivity index (χ0v) is 13.3. The van der Waals surface area contributed by atoms with Crippen LogP contribution in [0.4, 0.5) is 0 Å². The Bertz CT molecular complexity index is 638. The van der Waals surface area contributed by atoms with Crippen molar-refractivity contribution in [3.8, 4) is 0 Å². The van der Waals surface area contributed by atoms with E-state index in [2.05, 4.69) is 15.9 Å². The van der Waals surface area contributed by atoms with Crippen molar-refractivity contribution in [2.75, 3.05) is 0 Å². The van der Waals surface area contributed by atoms with Crippen molar-refractivity contribution < 1.29 is 4.79 Å². The SMILES string of the molecule is Cc1c(Br)cccc1C(=O)Cc1ccc(Cl)c(Cl)c1. The lowest BCUT2D eigenvalue weighted by Gasteiger charge is -2.07. The van der Waals surface area contributed by atoms with E-state index in [1.807, 2.05) is 31.2 Å². The molecule has 0 spiro atoms. The molecule has 98 valence electrons. The molecule has 0 saturated heterocycles. The second-order valence-electron chi connectivity index (χ2n) is 4.26. The Balaban J connectivity index is 2.26.